The van der Waals surface area contributed by atoms with E-state index in [9.17, 15) is 0 Å². The van der Waals surface area contributed by atoms with Crippen LogP contribution in [0.15, 0.2) is 24.3 Å². The van der Waals surface area contributed by atoms with Crippen molar-refractivity contribution < 1.29 is 4.74 Å². The Labute approximate surface area is 107 Å². The van der Waals surface area contributed by atoms with Crippen molar-refractivity contribution >= 4 is 15.9 Å². The Morgan fingerprint density at radius 2 is 2.00 bits per heavy atom. The second-order valence-electron chi connectivity index (χ2n) is 4.38. The number of hydrogen-bond donors (Lipinski definition) is 0. The summed E-state index contributed by atoms with van der Waals surface area (Å²) >= 11 is 3.64. The summed E-state index contributed by atoms with van der Waals surface area (Å²) in [4.78, 5) is 0. The van der Waals surface area contributed by atoms with Crippen LogP contribution in [-0.4, -0.2) is 19.0 Å². The summed E-state index contributed by atoms with van der Waals surface area (Å²) < 4.78 is 5.16. The SMILES string of the molecule is COCCC(C)C(CBr)c1ccccc1C. The molecule has 2 unspecified atom stereocenters. The lowest BCUT2D eigenvalue weighted by atomic mass is 9.85. The van der Waals surface area contributed by atoms with Crippen LogP contribution in [0.3, 0.4) is 0 Å². The summed E-state index contributed by atoms with van der Waals surface area (Å²) in [5.74, 6) is 1.22. The second-order valence-corrected chi connectivity index (χ2v) is 5.02. The number of alkyl halides is 1. The van der Waals surface area contributed by atoms with Gasteiger partial charge in [0.2, 0.25) is 0 Å². The fourth-order valence-electron chi connectivity index (χ4n) is 2.05. The summed E-state index contributed by atoms with van der Waals surface area (Å²) in [6.07, 6.45) is 1.11. The normalized spacial score (nSPS) is 14.8. The van der Waals surface area contributed by atoms with Crippen molar-refractivity contribution in [2.24, 2.45) is 5.92 Å². The molecule has 0 amide bonds. The van der Waals surface area contributed by atoms with E-state index in [1.807, 2.05) is 0 Å². The Morgan fingerprint density at radius 1 is 1.31 bits per heavy atom. The average molecular weight is 285 g/mol. The summed E-state index contributed by atoms with van der Waals surface area (Å²) in [6, 6.07) is 8.66. The maximum atomic E-state index is 5.16. The third kappa shape index (κ3) is 3.60. The second kappa shape index (κ2) is 7.08. The van der Waals surface area contributed by atoms with Crippen molar-refractivity contribution in [3.8, 4) is 0 Å². The van der Waals surface area contributed by atoms with Gasteiger partial charge in [0.05, 0.1) is 0 Å². The summed E-state index contributed by atoms with van der Waals surface area (Å²) in [5, 5.41) is 1.02. The smallest absolute Gasteiger partial charge is 0.0465 e. The Bertz CT molecular complexity index is 311. The van der Waals surface area contributed by atoms with Crippen LogP contribution < -0.4 is 0 Å². The molecule has 2 atom stereocenters. The number of aryl methyl sites for hydroxylation is 1. The molecular formula is C14H21BrO. The minimum atomic E-state index is 0.580. The molecule has 1 aromatic rings. The predicted molar refractivity (Wildman–Crippen MR) is 73.4 cm³/mol. The first kappa shape index (κ1) is 13.7. The van der Waals surface area contributed by atoms with Crippen LogP contribution in [0.5, 0.6) is 0 Å². The molecule has 0 saturated heterocycles. The topological polar surface area (TPSA) is 9.23 Å². The fourth-order valence-corrected chi connectivity index (χ4v) is 3.04. The van der Waals surface area contributed by atoms with Gasteiger partial charge in [-0.3, -0.25) is 0 Å². The molecule has 0 aliphatic rings. The molecule has 0 spiro atoms. The van der Waals surface area contributed by atoms with E-state index in [0.29, 0.717) is 11.8 Å². The minimum Gasteiger partial charge on any atom is -0.385 e. The highest BCUT2D eigenvalue weighted by molar-refractivity contribution is 9.09. The van der Waals surface area contributed by atoms with Gasteiger partial charge in [0.25, 0.3) is 0 Å². The molecule has 0 heterocycles. The molecule has 2 heteroatoms. The van der Waals surface area contributed by atoms with Gasteiger partial charge in [0.15, 0.2) is 0 Å². The summed E-state index contributed by atoms with van der Waals surface area (Å²) in [5.41, 5.74) is 2.85. The molecule has 0 saturated carbocycles. The zero-order valence-electron chi connectivity index (χ0n) is 10.4. The van der Waals surface area contributed by atoms with Gasteiger partial charge >= 0.3 is 0 Å². The van der Waals surface area contributed by atoms with E-state index in [1.54, 1.807) is 7.11 Å². The monoisotopic (exact) mass is 284 g/mol. The van der Waals surface area contributed by atoms with Gasteiger partial charge < -0.3 is 4.74 Å². The van der Waals surface area contributed by atoms with Crippen LogP contribution in [0.2, 0.25) is 0 Å². The standard InChI is InChI=1S/C14H21BrO/c1-11-6-4-5-7-13(11)14(10-15)12(2)8-9-16-3/h4-7,12,14H,8-10H2,1-3H3. The lowest BCUT2D eigenvalue weighted by molar-refractivity contribution is 0.176. The Morgan fingerprint density at radius 3 is 2.56 bits per heavy atom. The van der Waals surface area contributed by atoms with Crippen LogP contribution in [-0.2, 0) is 4.74 Å². The number of ether oxygens (including phenoxy) is 1. The molecule has 16 heavy (non-hydrogen) atoms. The zero-order chi connectivity index (χ0) is 12.0. The maximum Gasteiger partial charge on any atom is 0.0465 e. The van der Waals surface area contributed by atoms with Gasteiger partial charge in [0.1, 0.15) is 0 Å². The van der Waals surface area contributed by atoms with Crippen molar-refractivity contribution in [1.29, 1.82) is 0 Å². The molecule has 0 fully saturated rings. The van der Waals surface area contributed by atoms with Gasteiger partial charge in [-0.15, -0.1) is 0 Å². The number of methoxy groups -OCH3 is 1. The van der Waals surface area contributed by atoms with Crippen molar-refractivity contribution in [3.05, 3.63) is 35.4 Å². The Kier molecular flexibility index (Phi) is 6.07. The lowest BCUT2D eigenvalue weighted by Crippen LogP contribution is -2.14. The van der Waals surface area contributed by atoms with Crippen LogP contribution in [0.4, 0.5) is 0 Å². The van der Waals surface area contributed by atoms with E-state index >= 15 is 0 Å². The van der Waals surface area contributed by atoms with E-state index in [0.717, 1.165) is 18.4 Å². The fraction of sp³-hybridized carbons (Fsp3) is 0.571. The van der Waals surface area contributed by atoms with E-state index in [-0.39, 0.29) is 0 Å². The Balaban J connectivity index is 2.77. The Hall–Kier alpha value is -0.340. The van der Waals surface area contributed by atoms with Gasteiger partial charge in [-0.1, -0.05) is 47.1 Å². The molecule has 0 radical (unpaired) electrons. The summed E-state index contributed by atoms with van der Waals surface area (Å²) in [7, 11) is 1.77. The highest BCUT2D eigenvalue weighted by atomic mass is 79.9. The number of rotatable bonds is 6. The molecule has 1 rings (SSSR count). The molecule has 0 aliphatic carbocycles. The number of halogens is 1. The van der Waals surface area contributed by atoms with Crippen LogP contribution in [0.25, 0.3) is 0 Å². The first-order valence-electron chi connectivity index (χ1n) is 5.81. The number of hydrogen-bond acceptors (Lipinski definition) is 1. The van der Waals surface area contributed by atoms with Crippen LogP contribution >= 0.6 is 15.9 Å². The summed E-state index contributed by atoms with van der Waals surface area (Å²) in [6.45, 7) is 5.34. The maximum absolute atomic E-state index is 5.16. The van der Waals surface area contributed by atoms with E-state index in [2.05, 4.69) is 54.0 Å². The van der Waals surface area contributed by atoms with Crippen molar-refractivity contribution in [2.75, 3.05) is 19.0 Å². The van der Waals surface area contributed by atoms with E-state index < -0.39 is 0 Å². The zero-order valence-corrected chi connectivity index (χ0v) is 12.0. The number of benzene rings is 1. The lowest BCUT2D eigenvalue weighted by Gasteiger charge is -2.23. The van der Waals surface area contributed by atoms with Crippen LogP contribution in [0.1, 0.15) is 30.4 Å². The predicted octanol–water partition coefficient (Wildman–Crippen LogP) is 4.15. The average Bonchev–Trinajstić information content (AvgIpc) is 2.30. The quantitative estimate of drug-likeness (QED) is 0.714. The minimum absolute atomic E-state index is 0.580. The molecule has 90 valence electrons. The van der Waals surface area contributed by atoms with Gasteiger partial charge in [-0.2, -0.15) is 0 Å². The third-order valence-corrected chi connectivity index (χ3v) is 3.92. The van der Waals surface area contributed by atoms with E-state index in [1.165, 1.54) is 11.1 Å². The molecule has 0 N–H and O–H groups in total. The highest BCUT2D eigenvalue weighted by Gasteiger charge is 2.19. The molecule has 1 nitrogen and oxygen atoms in total. The molecule has 1 aromatic carbocycles. The first-order chi connectivity index (χ1) is 7.70. The van der Waals surface area contributed by atoms with E-state index in [4.69, 9.17) is 4.74 Å². The van der Waals surface area contributed by atoms with Gasteiger partial charge in [0, 0.05) is 19.0 Å². The van der Waals surface area contributed by atoms with Crippen molar-refractivity contribution in [3.63, 3.8) is 0 Å². The molecule has 0 bridgehead atoms. The first-order valence-corrected chi connectivity index (χ1v) is 6.93. The largest absolute Gasteiger partial charge is 0.385 e. The van der Waals surface area contributed by atoms with Crippen molar-refractivity contribution in [1.82, 2.24) is 0 Å². The van der Waals surface area contributed by atoms with Crippen molar-refractivity contribution in [2.45, 2.75) is 26.2 Å². The van der Waals surface area contributed by atoms with Crippen LogP contribution in [0, 0.1) is 12.8 Å². The van der Waals surface area contributed by atoms with Gasteiger partial charge in [-0.25, -0.2) is 0 Å². The van der Waals surface area contributed by atoms with Gasteiger partial charge in [-0.05, 0) is 36.3 Å². The molecule has 0 aromatic heterocycles. The molecule has 0 aliphatic heterocycles. The third-order valence-electron chi connectivity index (χ3n) is 3.22. The molecular weight excluding hydrogens is 264 g/mol. The highest BCUT2D eigenvalue weighted by Crippen LogP contribution is 2.30.